The van der Waals surface area contributed by atoms with Crippen LogP contribution >= 0.6 is 11.6 Å². The van der Waals surface area contributed by atoms with E-state index < -0.39 is 12.0 Å². The second-order valence-electron chi connectivity index (χ2n) is 3.84. The minimum atomic E-state index is -0.965. The van der Waals surface area contributed by atoms with E-state index in [1.807, 2.05) is 0 Å². The molecule has 6 heteroatoms. The largest absolute Gasteiger partial charge is 0.493 e. The van der Waals surface area contributed by atoms with Crippen molar-refractivity contribution in [2.75, 3.05) is 14.2 Å². The van der Waals surface area contributed by atoms with Crippen molar-refractivity contribution in [3.05, 3.63) is 22.2 Å². The fraction of sp³-hybridized carbons (Fsp3) is 0.417. The van der Waals surface area contributed by atoms with Crippen molar-refractivity contribution in [3.8, 4) is 11.5 Å². The molecule has 0 amide bonds. The zero-order valence-electron chi connectivity index (χ0n) is 10.5. The Labute approximate surface area is 110 Å². The monoisotopic (exact) mass is 273 g/mol. The number of ether oxygens (including phenoxy) is 2. The number of nitrogens with two attached hydrogens (primary N) is 1. The molecule has 1 unspecified atom stereocenters. The van der Waals surface area contributed by atoms with Gasteiger partial charge in [-0.3, -0.25) is 4.79 Å². The number of aliphatic carboxylic acids is 1. The summed E-state index contributed by atoms with van der Waals surface area (Å²) >= 11 is 6.16. The fourth-order valence-electron chi connectivity index (χ4n) is 1.75. The molecule has 1 aromatic rings. The zero-order valence-corrected chi connectivity index (χ0v) is 11.2. The molecule has 0 spiro atoms. The van der Waals surface area contributed by atoms with Crippen molar-refractivity contribution in [2.24, 2.45) is 5.73 Å². The summed E-state index contributed by atoms with van der Waals surface area (Å²) in [7, 11) is 2.97. The Balaban J connectivity index is 3.29. The SMILES string of the molecule is COc1cc(C(N)CC(=O)O)c(C)c(Cl)c1OC. The van der Waals surface area contributed by atoms with Crippen LogP contribution in [0.1, 0.15) is 23.6 Å². The summed E-state index contributed by atoms with van der Waals surface area (Å²) in [6, 6.07) is 1.02. The highest BCUT2D eigenvalue weighted by atomic mass is 35.5. The summed E-state index contributed by atoms with van der Waals surface area (Å²) in [5.74, 6) is -0.111. The third-order valence-corrected chi connectivity index (χ3v) is 3.15. The predicted molar refractivity (Wildman–Crippen MR) is 68.5 cm³/mol. The van der Waals surface area contributed by atoms with Crippen LogP contribution in [0.2, 0.25) is 5.02 Å². The Morgan fingerprint density at radius 3 is 2.56 bits per heavy atom. The smallest absolute Gasteiger partial charge is 0.305 e. The number of methoxy groups -OCH3 is 2. The Morgan fingerprint density at radius 2 is 2.11 bits per heavy atom. The van der Waals surface area contributed by atoms with Gasteiger partial charge in [-0.25, -0.2) is 0 Å². The Kier molecular flexibility index (Phi) is 4.81. The lowest BCUT2D eigenvalue weighted by Crippen LogP contribution is -2.16. The summed E-state index contributed by atoms with van der Waals surface area (Å²) in [6.07, 6.45) is -0.174. The molecule has 0 radical (unpaired) electrons. The second kappa shape index (κ2) is 5.93. The van der Waals surface area contributed by atoms with Crippen molar-refractivity contribution in [1.82, 2.24) is 0 Å². The van der Waals surface area contributed by atoms with Crippen LogP contribution in [0.25, 0.3) is 0 Å². The fourth-order valence-corrected chi connectivity index (χ4v) is 2.02. The molecule has 0 aliphatic carbocycles. The molecule has 0 bridgehead atoms. The summed E-state index contributed by atoms with van der Waals surface area (Å²) in [6.45, 7) is 1.77. The van der Waals surface area contributed by atoms with E-state index in [1.54, 1.807) is 13.0 Å². The second-order valence-corrected chi connectivity index (χ2v) is 4.22. The first kappa shape index (κ1) is 14.6. The van der Waals surface area contributed by atoms with Gasteiger partial charge in [-0.15, -0.1) is 0 Å². The molecule has 1 rings (SSSR count). The first-order valence-corrected chi connectivity index (χ1v) is 5.68. The van der Waals surface area contributed by atoms with E-state index in [0.29, 0.717) is 27.6 Å². The summed E-state index contributed by atoms with van der Waals surface area (Å²) < 4.78 is 10.3. The molecule has 0 aliphatic rings. The van der Waals surface area contributed by atoms with Crippen LogP contribution in [0.4, 0.5) is 0 Å². The first-order valence-electron chi connectivity index (χ1n) is 5.30. The number of carboxylic acids is 1. The highest BCUT2D eigenvalue weighted by Gasteiger charge is 2.20. The van der Waals surface area contributed by atoms with Crippen molar-refractivity contribution in [3.63, 3.8) is 0 Å². The molecule has 3 N–H and O–H groups in total. The maximum atomic E-state index is 10.7. The van der Waals surface area contributed by atoms with Crippen LogP contribution < -0.4 is 15.2 Å². The third kappa shape index (κ3) is 2.86. The normalized spacial score (nSPS) is 12.1. The predicted octanol–water partition coefficient (Wildman–Crippen LogP) is 2.14. The molecular weight excluding hydrogens is 258 g/mol. The maximum absolute atomic E-state index is 10.7. The van der Waals surface area contributed by atoms with Crippen molar-refractivity contribution < 1.29 is 19.4 Å². The average Bonchev–Trinajstić information content (AvgIpc) is 2.31. The molecule has 18 heavy (non-hydrogen) atoms. The highest BCUT2D eigenvalue weighted by molar-refractivity contribution is 6.33. The van der Waals surface area contributed by atoms with E-state index in [2.05, 4.69) is 0 Å². The topological polar surface area (TPSA) is 81.8 Å². The van der Waals surface area contributed by atoms with Crippen LogP contribution in [-0.4, -0.2) is 25.3 Å². The van der Waals surface area contributed by atoms with Gasteiger partial charge in [0.15, 0.2) is 11.5 Å². The molecule has 0 aliphatic heterocycles. The van der Waals surface area contributed by atoms with Gasteiger partial charge >= 0.3 is 5.97 Å². The Bertz CT molecular complexity index is 462. The average molecular weight is 274 g/mol. The van der Waals surface area contributed by atoms with Gasteiger partial charge < -0.3 is 20.3 Å². The molecule has 5 nitrogen and oxygen atoms in total. The van der Waals surface area contributed by atoms with Crippen molar-refractivity contribution in [1.29, 1.82) is 0 Å². The van der Waals surface area contributed by atoms with Crippen LogP contribution in [0, 0.1) is 6.92 Å². The molecule has 1 atom stereocenters. The molecule has 100 valence electrons. The molecule has 0 aromatic heterocycles. The number of halogens is 1. The Morgan fingerprint density at radius 1 is 1.50 bits per heavy atom. The molecular formula is C12H16ClNO4. The Hall–Kier alpha value is -1.46. The third-order valence-electron chi connectivity index (χ3n) is 2.69. The summed E-state index contributed by atoms with van der Waals surface area (Å²) in [4.78, 5) is 10.7. The lowest BCUT2D eigenvalue weighted by Gasteiger charge is -2.18. The van der Waals surface area contributed by atoms with Gasteiger partial charge in [0, 0.05) is 6.04 Å². The van der Waals surface area contributed by atoms with E-state index >= 15 is 0 Å². The standard InChI is InChI=1S/C12H16ClNO4/c1-6-7(8(14)5-10(15)16)4-9(17-2)12(18-3)11(6)13/h4,8H,5,14H2,1-3H3,(H,15,16). The quantitative estimate of drug-likeness (QED) is 0.859. The lowest BCUT2D eigenvalue weighted by atomic mass is 9.98. The molecule has 0 saturated carbocycles. The van der Waals surface area contributed by atoms with Crippen LogP contribution in [0.15, 0.2) is 6.07 Å². The lowest BCUT2D eigenvalue weighted by molar-refractivity contribution is -0.137. The summed E-state index contributed by atoms with van der Waals surface area (Å²) in [5.41, 5.74) is 7.18. The van der Waals surface area contributed by atoms with Gasteiger partial charge in [0.05, 0.1) is 25.7 Å². The number of carboxylic acid groups (broad SMARTS) is 1. The summed E-state index contributed by atoms with van der Waals surface area (Å²) in [5, 5.41) is 9.15. The minimum Gasteiger partial charge on any atom is -0.493 e. The van der Waals surface area contributed by atoms with E-state index in [0.717, 1.165) is 0 Å². The van der Waals surface area contributed by atoms with E-state index in [1.165, 1.54) is 14.2 Å². The van der Waals surface area contributed by atoms with Crippen LogP contribution in [0.5, 0.6) is 11.5 Å². The van der Waals surface area contributed by atoms with E-state index in [9.17, 15) is 4.79 Å². The number of hydrogen-bond donors (Lipinski definition) is 2. The highest BCUT2D eigenvalue weighted by Crippen LogP contribution is 2.40. The number of carbonyl (C=O) groups is 1. The van der Waals surface area contributed by atoms with E-state index in [4.69, 9.17) is 31.9 Å². The number of rotatable bonds is 5. The molecule has 0 saturated heterocycles. The number of benzene rings is 1. The van der Waals surface area contributed by atoms with Gasteiger partial charge in [0.25, 0.3) is 0 Å². The van der Waals surface area contributed by atoms with Crippen LogP contribution in [-0.2, 0) is 4.79 Å². The molecule has 0 heterocycles. The van der Waals surface area contributed by atoms with Crippen molar-refractivity contribution >= 4 is 17.6 Å². The van der Waals surface area contributed by atoms with Gasteiger partial charge in [0.1, 0.15) is 0 Å². The van der Waals surface area contributed by atoms with Gasteiger partial charge in [-0.2, -0.15) is 0 Å². The van der Waals surface area contributed by atoms with Gasteiger partial charge in [0.2, 0.25) is 0 Å². The molecule has 1 aromatic carbocycles. The van der Waals surface area contributed by atoms with Crippen LogP contribution in [0.3, 0.4) is 0 Å². The maximum Gasteiger partial charge on any atom is 0.305 e. The zero-order chi connectivity index (χ0) is 13.9. The van der Waals surface area contributed by atoms with Gasteiger partial charge in [-0.05, 0) is 24.1 Å². The van der Waals surface area contributed by atoms with E-state index in [-0.39, 0.29) is 6.42 Å². The molecule has 0 fully saturated rings. The van der Waals surface area contributed by atoms with Crippen molar-refractivity contribution in [2.45, 2.75) is 19.4 Å². The van der Waals surface area contributed by atoms with Gasteiger partial charge in [-0.1, -0.05) is 11.6 Å². The minimum absolute atomic E-state index is 0.174. The number of hydrogen-bond acceptors (Lipinski definition) is 4. The first-order chi connectivity index (χ1) is 8.42.